The van der Waals surface area contributed by atoms with Crippen LogP contribution in [0.15, 0.2) is 5.38 Å². The van der Waals surface area contributed by atoms with Crippen molar-refractivity contribution in [1.29, 1.82) is 0 Å². The second-order valence-corrected chi connectivity index (χ2v) is 6.15. The van der Waals surface area contributed by atoms with Gasteiger partial charge in [0, 0.05) is 25.0 Å². The van der Waals surface area contributed by atoms with Crippen LogP contribution in [0.4, 0.5) is 5.82 Å². The highest BCUT2D eigenvalue weighted by Gasteiger charge is 2.23. The summed E-state index contributed by atoms with van der Waals surface area (Å²) < 4.78 is 5.14. The third-order valence-electron chi connectivity index (χ3n) is 3.52. The molecule has 3 rings (SSSR count). The van der Waals surface area contributed by atoms with Crippen molar-refractivity contribution >= 4 is 44.9 Å². The first kappa shape index (κ1) is 15.5. The van der Waals surface area contributed by atoms with Crippen LogP contribution in [0.1, 0.15) is 23.7 Å². The topological polar surface area (TPSA) is 67.3 Å². The highest BCUT2D eigenvalue weighted by atomic mass is 35.5. The molecule has 1 N–H and O–H groups in total. The van der Waals surface area contributed by atoms with Gasteiger partial charge in [0.2, 0.25) is 5.28 Å². The van der Waals surface area contributed by atoms with E-state index < -0.39 is 0 Å². The third-order valence-corrected chi connectivity index (χ3v) is 4.56. The fourth-order valence-corrected chi connectivity index (χ4v) is 3.66. The van der Waals surface area contributed by atoms with Crippen molar-refractivity contribution in [1.82, 2.24) is 15.3 Å². The molecule has 2 aromatic rings. The molecule has 22 heavy (non-hydrogen) atoms. The molecule has 2 aromatic heterocycles. The lowest BCUT2D eigenvalue weighted by Crippen LogP contribution is -2.29. The molecule has 0 atom stereocenters. The number of hydrogen-bond donors (Lipinski definition) is 1. The summed E-state index contributed by atoms with van der Waals surface area (Å²) in [7, 11) is 0. The summed E-state index contributed by atoms with van der Waals surface area (Å²) in [4.78, 5) is 23.7. The molecule has 0 radical (unpaired) electrons. The Morgan fingerprint density at radius 3 is 3.14 bits per heavy atom. The van der Waals surface area contributed by atoms with Crippen LogP contribution < -0.4 is 10.2 Å². The maximum absolute atomic E-state index is 12.2. The fraction of sp³-hybridized carbons (Fsp3) is 0.500. The summed E-state index contributed by atoms with van der Waals surface area (Å²) in [6.45, 7) is 5.68. The zero-order chi connectivity index (χ0) is 15.5. The number of aromatic nitrogens is 2. The van der Waals surface area contributed by atoms with Crippen molar-refractivity contribution in [2.24, 2.45) is 0 Å². The molecule has 0 amide bonds. The molecule has 0 saturated carbocycles. The van der Waals surface area contributed by atoms with Gasteiger partial charge in [-0.3, -0.25) is 0 Å². The molecule has 6 nitrogen and oxygen atoms in total. The standard InChI is InChI=1S/C14H17ClN4O2S/c1-2-21-13(20)9-8-22-12-10(9)11(17-14(15)18-12)19-6-3-4-16-5-7-19/h8,16H,2-7H2,1H3. The number of anilines is 1. The minimum Gasteiger partial charge on any atom is -0.462 e. The van der Waals surface area contributed by atoms with E-state index in [2.05, 4.69) is 20.2 Å². The van der Waals surface area contributed by atoms with Gasteiger partial charge in [-0.15, -0.1) is 11.3 Å². The lowest BCUT2D eigenvalue weighted by atomic mass is 10.2. The predicted molar refractivity (Wildman–Crippen MR) is 88.1 cm³/mol. The van der Waals surface area contributed by atoms with Gasteiger partial charge in [-0.2, -0.15) is 4.98 Å². The van der Waals surface area contributed by atoms with Crippen molar-refractivity contribution < 1.29 is 9.53 Å². The van der Waals surface area contributed by atoms with Crippen LogP contribution >= 0.6 is 22.9 Å². The van der Waals surface area contributed by atoms with Gasteiger partial charge in [0.25, 0.3) is 0 Å². The van der Waals surface area contributed by atoms with E-state index in [9.17, 15) is 4.79 Å². The molecule has 0 bridgehead atoms. The van der Waals surface area contributed by atoms with Gasteiger partial charge in [0.05, 0.1) is 17.6 Å². The Morgan fingerprint density at radius 2 is 2.32 bits per heavy atom. The Balaban J connectivity index is 2.10. The van der Waals surface area contributed by atoms with Crippen molar-refractivity contribution in [3.8, 4) is 0 Å². The SMILES string of the molecule is CCOC(=O)c1csc2nc(Cl)nc(N3CCCNCC3)c12. The number of fused-ring (bicyclic) bond motifs is 1. The largest absolute Gasteiger partial charge is 0.462 e. The summed E-state index contributed by atoms with van der Waals surface area (Å²) in [6.07, 6.45) is 1.02. The second kappa shape index (κ2) is 6.76. The van der Waals surface area contributed by atoms with E-state index in [4.69, 9.17) is 16.3 Å². The molecule has 118 valence electrons. The zero-order valence-electron chi connectivity index (χ0n) is 12.3. The Morgan fingerprint density at radius 1 is 1.45 bits per heavy atom. The maximum Gasteiger partial charge on any atom is 0.339 e. The van der Waals surface area contributed by atoms with Gasteiger partial charge in [0.15, 0.2) is 0 Å². The molecule has 0 aliphatic carbocycles. The number of halogens is 1. The number of nitrogens with one attached hydrogen (secondary N) is 1. The van der Waals surface area contributed by atoms with Crippen LogP contribution in [0.3, 0.4) is 0 Å². The van der Waals surface area contributed by atoms with Gasteiger partial charge in [-0.25, -0.2) is 9.78 Å². The zero-order valence-corrected chi connectivity index (χ0v) is 13.8. The highest BCUT2D eigenvalue weighted by Crippen LogP contribution is 2.33. The highest BCUT2D eigenvalue weighted by molar-refractivity contribution is 7.17. The first-order valence-corrected chi connectivity index (χ1v) is 8.54. The van der Waals surface area contributed by atoms with Crippen LogP contribution in [0.2, 0.25) is 5.28 Å². The lowest BCUT2D eigenvalue weighted by Gasteiger charge is -2.22. The average molecular weight is 341 g/mol. The van der Waals surface area contributed by atoms with Crippen LogP contribution in [0.5, 0.6) is 0 Å². The summed E-state index contributed by atoms with van der Waals surface area (Å²) in [6, 6.07) is 0. The average Bonchev–Trinajstić information content (AvgIpc) is 2.74. The number of rotatable bonds is 3. The van der Waals surface area contributed by atoms with Crippen molar-refractivity contribution in [3.05, 3.63) is 16.2 Å². The molecule has 8 heteroatoms. The van der Waals surface area contributed by atoms with Crippen LogP contribution in [-0.2, 0) is 4.74 Å². The van der Waals surface area contributed by atoms with Crippen LogP contribution in [0, 0.1) is 0 Å². The van der Waals surface area contributed by atoms with Crippen LogP contribution in [0.25, 0.3) is 10.2 Å². The van der Waals surface area contributed by atoms with E-state index in [1.807, 2.05) is 0 Å². The third kappa shape index (κ3) is 3.02. The molecule has 0 unspecified atom stereocenters. The molecule has 1 saturated heterocycles. The molecule has 0 aromatic carbocycles. The molecular formula is C14H17ClN4O2S. The van der Waals surface area contributed by atoms with Crippen molar-refractivity contribution in [3.63, 3.8) is 0 Å². The summed E-state index contributed by atoms with van der Waals surface area (Å²) in [5, 5.41) is 6.08. The Kier molecular flexibility index (Phi) is 4.75. The molecule has 1 aliphatic rings. The van der Waals surface area contributed by atoms with E-state index in [0.29, 0.717) is 12.2 Å². The minimum atomic E-state index is -0.339. The van der Waals surface area contributed by atoms with E-state index >= 15 is 0 Å². The predicted octanol–water partition coefficient (Wildman–Crippen LogP) is 2.32. The van der Waals surface area contributed by atoms with E-state index in [1.165, 1.54) is 11.3 Å². The molecule has 1 aliphatic heterocycles. The van der Waals surface area contributed by atoms with E-state index in [1.54, 1.807) is 12.3 Å². The van der Waals surface area contributed by atoms with Gasteiger partial charge >= 0.3 is 5.97 Å². The maximum atomic E-state index is 12.2. The summed E-state index contributed by atoms with van der Waals surface area (Å²) >= 11 is 7.45. The Labute approximate surface area is 137 Å². The summed E-state index contributed by atoms with van der Waals surface area (Å²) in [5.41, 5.74) is 0.519. The van der Waals surface area contributed by atoms with E-state index in [0.717, 1.165) is 48.6 Å². The number of esters is 1. The Hall–Kier alpha value is -1.44. The quantitative estimate of drug-likeness (QED) is 0.683. The number of nitrogens with zero attached hydrogens (tertiary/aromatic N) is 3. The first-order chi connectivity index (χ1) is 10.7. The van der Waals surface area contributed by atoms with Crippen molar-refractivity contribution in [2.75, 3.05) is 37.7 Å². The number of hydrogen-bond acceptors (Lipinski definition) is 7. The minimum absolute atomic E-state index is 0.206. The Bertz CT molecular complexity index is 683. The van der Waals surface area contributed by atoms with Crippen molar-refractivity contribution in [2.45, 2.75) is 13.3 Å². The van der Waals surface area contributed by atoms with Gasteiger partial charge in [-0.1, -0.05) is 0 Å². The smallest absolute Gasteiger partial charge is 0.339 e. The second-order valence-electron chi connectivity index (χ2n) is 4.96. The number of ether oxygens (including phenoxy) is 1. The van der Waals surface area contributed by atoms with Gasteiger partial charge in [0.1, 0.15) is 10.6 Å². The van der Waals surface area contributed by atoms with E-state index in [-0.39, 0.29) is 11.3 Å². The number of thiophene rings is 1. The molecule has 0 spiro atoms. The monoisotopic (exact) mass is 340 g/mol. The van der Waals surface area contributed by atoms with Crippen LogP contribution in [-0.4, -0.2) is 48.7 Å². The first-order valence-electron chi connectivity index (χ1n) is 7.28. The molecule has 3 heterocycles. The summed E-state index contributed by atoms with van der Waals surface area (Å²) in [5.74, 6) is 0.386. The molecule has 1 fully saturated rings. The number of carbonyl (C=O) groups is 1. The fourth-order valence-electron chi connectivity index (χ4n) is 2.54. The van der Waals surface area contributed by atoms with Gasteiger partial charge < -0.3 is 15.0 Å². The number of carbonyl (C=O) groups excluding carboxylic acids is 1. The van der Waals surface area contributed by atoms with Gasteiger partial charge in [-0.05, 0) is 31.5 Å². The normalized spacial score (nSPS) is 15.8. The molecular weight excluding hydrogens is 324 g/mol. The lowest BCUT2D eigenvalue weighted by molar-refractivity contribution is 0.0529.